The van der Waals surface area contributed by atoms with Crippen molar-refractivity contribution in [3.05, 3.63) is 81.9 Å². The predicted octanol–water partition coefficient (Wildman–Crippen LogP) is 8.10. The molecule has 1 aliphatic heterocycles. The van der Waals surface area contributed by atoms with Gasteiger partial charge in [0.2, 0.25) is 0 Å². The topological polar surface area (TPSA) is 85.2 Å². The average Bonchev–Trinajstić information content (AvgIpc) is 3.38. The zero-order valence-corrected chi connectivity index (χ0v) is 29.8. The molecule has 52 heavy (non-hydrogen) atoms. The lowest BCUT2D eigenvalue weighted by Gasteiger charge is -2.59. The van der Waals surface area contributed by atoms with Crippen molar-refractivity contribution in [1.29, 1.82) is 0 Å². The first-order valence-corrected chi connectivity index (χ1v) is 18.0. The number of hydrogen-bond donors (Lipinski definition) is 2. The van der Waals surface area contributed by atoms with Crippen LogP contribution in [-0.4, -0.2) is 65.6 Å². The fourth-order valence-electron chi connectivity index (χ4n) is 10.1. The van der Waals surface area contributed by atoms with E-state index >= 15 is 8.78 Å². The smallest absolute Gasteiger partial charge is 0.456 e. The maximum atomic E-state index is 15.4. The number of fused-ring (bicyclic) bond motifs is 4. The second kappa shape index (κ2) is 12.4. The Morgan fingerprint density at radius 3 is 2.04 bits per heavy atom. The van der Waals surface area contributed by atoms with E-state index in [0.29, 0.717) is 54.7 Å². The van der Waals surface area contributed by atoms with Gasteiger partial charge in [0, 0.05) is 40.7 Å². The fraction of sp³-hybridized carbons (Fsp3) is 0.585. The van der Waals surface area contributed by atoms with E-state index < -0.39 is 64.6 Å². The SMILES string of the molecule is COC(=O)c1ccc(C#Cc2ccc([C@H]3C[C@@]4(C)[C@@H](CC[C@@]4(O)C(F)(F)C(F)(F)F)[C@@H]4CC[C@@]5(O)CC6(CCC5=C43)OCC(C)(C)CO6)cc2)cc1. The van der Waals surface area contributed by atoms with Crippen LogP contribution in [0.25, 0.3) is 0 Å². The van der Waals surface area contributed by atoms with E-state index in [4.69, 9.17) is 14.2 Å². The lowest BCUT2D eigenvalue weighted by molar-refractivity contribution is -0.362. The van der Waals surface area contributed by atoms with Crippen LogP contribution >= 0.6 is 0 Å². The normalized spacial score (nSPS) is 33.7. The Morgan fingerprint density at radius 1 is 0.865 bits per heavy atom. The second-order valence-electron chi connectivity index (χ2n) is 16.6. The largest absolute Gasteiger partial charge is 0.465 e. The van der Waals surface area contributed by atoms with E-state index in [1.165, 1.54) is 14.0 Å². The number of rotatable bonds is 3. The first-order chi connectivity index (χ1) is 24.3. The molecule has 5 aliphatic rings. The Labute approximate surface area is 300 Å². The molecule has 2 N–H and O–H groups in total. The van der Waals surface area contributed by atoms with Gasteiger partial charge < -0.3 is 24.4 Å². The van der Waals surface area contributed by atoms with Crippen LogP contribution in [0.3, 0.4) is 0 Å². The maximum Gasteiger partial charge on any atom is 0.456 e. The molecule has 0 radical (unpaired) electrons. The van der Waals surface area contributed by atoms with Gasteiger partial charge in [0.15, 0.2) is 5.79 Å². The third kappa shape index (κ3) is 5.80. The number of aliphatic hydroxyl groups is 2. The summed E-state index contributed by atoms with van der Waals surface area (Å²) in [5.41, 5.74) is -2.45. The summed E-state index contributed by atoms with van der Waals surface area (Å²) in [6, 6.07) is 13.8. The van der Waals surface area contributed by atoms with Crippen LogP contribution < -0.4 is 0 Å². The first kappa shape index (κ1) is 37.0. The number of hydrogen-bond acceptors (Lipinski definition) is 6. The van der Waals surface area contributed by atoms with E-state index in [1.54, 1.807) is 36.4 Å². The minimum absolute atomic E-state index is 0.0195. The first-order valence-electron chi connectivity index (χ1n) is 18.0. The molecular weight excluding hydrogens is 683 g/mol. The Hall–Kier alpha value is -3.30. The molecule has 11 heteroatoms. The molecule has 0 aromatic heterocycles. The number of methoxy groups -OCH3 is 1. The molecule has 6 nitrogen and oxygen atoms in total. The molecule has 4 fully saturated rings. The average molecular weight is 729 g/mol. The summed E-state index contributed by atoms with van der Waals surface area (Å²) < 4.78 is 90.2. The van der Waals surface area contributed by atoms with Crippen LogP contribution in [0.2, 0.25) is 0 Å². The molecule has 2 aromatic rings. The van der Waals surface area contributed by atoms with Crippen molar-refractivity contribution in [2.75, 3.05) is 20.3 Å². The lowest BCUT2D eigenvalue weighted by Crippen LogP contribution is -2.65. The van der Waals surface area contributed by atoms with E-state index in [0.717, 1.165) is 11.1 Å². The van der Waals surface area contributed by atoms with Gasteiger partial charge in [-0.15, -0.1) is 0 Å². The van der Waals surface area contributed by atoms with Crippen LogP contribution in [0.15, 0.2) is 59.7 Å². The number of allylic oxidation sites excluding steroid dienone is 1. The van der Waals surface area contributed by atoms with E-state index in [1.807, 2.05) is 26.0 Å². The van der Waals surface area contributed by atoms with Crippen molar-refractivity contribution >= 4 is 5.97 Å². The molecule has 3 saturated carbocycles. The summed E-state index contributed by atoms with van der Waals surface area (Å²) in [4.78, 5) is 11.8. The van der Waals surface area contributed by atoms with Gasteiger partial charge in [0.25, 0.3) is 0 Å². The fourth-order valence-corrected chi connectivity index (χ4v) is 10.1. The van der Waals surface area contributed by atoms with Crippen LogP contribution in [-0.2, 0) is 14.2 Å². The highest BCUT2D eigenvalue weighted by molar-refractivity contribution is 5.89. The zero-order chi connectivity index (χ0) is 37.5. The Balaban J connectivity index is 1.27. The summed E-state index contributed by atoms with van der Waals surface area (Å²) in [6.07, 6.45) is -4.93. The molecular formula is C41H45F5O6. The number of alkyl halides is 5. The summed E-state index contributed by atoms with van der Waals surface area (Å²) >= 11 is 0. The van der Waals surface area contributed by atoms with Gasteiger partial charge in [0.1, 0.15) is 5.60 Å². The van der Waals surface area contributed by atoms with Gasteiger partial charge in [-0.3, -0.25) is 0 Å². The Bertz CT molecular complexity index is 1810. The third-order valence-electron chi connectivity index (χ3n) is 12.9. The van der Waals surface area contributed by atoms with Crippen molar-refractivity contribution in [1.82, 2.24) is 0 Å². The van der Waals surface area contributed by atoms with Crippen molar-refractivity contribution in [3.63, 3.8) is 0 Å². The third-order valence-corrected chi connectivity index (χ3v) is 12.9. The Kier molecular flexibility index (Phi) is 8.81. The van der Waals surface area contributed by atoms with E-state index in [-0.39, 0.29) is 31.1 Å². The quantitative estimate of drug-likeness (QED) is 0.144. The van der Waals surface area contributed by atoms with E-state index in [2.05, 4.69) is 11.8 Å². The molecule has 280 valence electrons. The molecule has 1 spiro atoms. The van der Waals surface area contributed by atoms with Gasteiger partial charge in [-0.05, 0) is 97.9 Å². The molecule has 0 bridgehead atoms. The minimum Gasteiger partial charge on any atom is -0.465 e. The van der Waals surface area contributed by atoms with Gasteiger partial charge in [-0.1, -0.05) is 50.3 Å². The molecule has 1 heterocycles. The lowest BCUT2D eigenvalue weighted by atomic mass is 9.49. The number of ether oxygens (including phenoxy) is 3. The predicted molar refractivity (Wildman–Crippen MR) is 181 cm³/mol. The van der Waals surface area contributed by atoms with Crippen LogP contribution in [0.1, 0.15) is 105 Å². The molecule has 4 aliphatic carbocycles. The van der Waals surface area contributed by atoms with Gasteiger partial charge in [-0.25, -0.2) is 4.79 Å². The van der Waals surface area contributed by atoms with Crippen molar-refractivity contribution in [2.45, 2.75) is 107 Å². The molecule has 0 unspecified atom stereocenters. The van der Waals surface area contributed by atoms with Gasteiger partial charge in [0.05, 0.1) is 31.5 Å². The summed E-state index contributed by atoms with van der Waals surface area (Å²) in [5, 5.41) is 24.0. The Morgan fingerprint density at radius 2 is 1.46 bits per heavy atom. The van der Waals surface area contributed by atoms with Crippen LogP contribution in [0.5, 0.6) is 0 Å². The molecule has 2 aromatic carbocycles. The number of carbonyl (C=O) groups is 1. The van der Waals surface area contributed by atoms with Crippen molar-refractivity contribution in [3.8, 4) is 11.8 Å². The van der Waals surface area contributed by atoms with Crippen molar-refractivity contribution in [2.24, 2.45) is 22.7 Å². The number of esters is 1. The van der Waals surface area contributed by atoms with Gasteiger partial charge >= 0.3 is 18.1 Å². The molecule has 1 saturated heterocycles. The highest BCUT2D eigenvalue weighted by Crippen LogP contribution is 2.71. The number of carbonyl (C=O) groups excluding carboxylic acids is 1. The number of benzene rings is 2. The second-order valence-corrected chi connectivity index (χ2v) is 16.6. The van der Waals surface area contributed by atoms with Gasteiger partial charge in [-0.2, -0.15) is 22.0 Å². The van der Waals surface area contributed by atoms with E-state index in [9.17, 15) is 28.2 Å². The molecule has 6 atom stereocenters. The highest BCUT2D eigenvalue weighted by Gasteiger charge is 2.79. The van der Waals surface area contributed by atoms with Crippen LogP contribution in [0.4, 0.5) is 22.0 Å². The maximum absolute atomic E-state index is 15.4. The summed E-state index contributed by atoms with van der Waals surface area (Å²) in [7, 11) is 1.30. The monoisotopic (exact) mass is 728 g/mol. The standard InChI is InChI=1S/C41H45F5O6/c1-35(2)23-51-38(52-24-35)19-16-32-33-29(15-18-37(32,48)22-38)31-17-20-39(49,40(42,43)41(44,45)46)36(31,3)21-30(33)27-11-7-25(8-12-27)5-6-26-9-13-28(14-10-26)34(47)50-4/h7-14,29-31,48-49H,15-24H2,1-4H3/t29-,30+,31-,36-,37+,39-/m0/s1. The van der Waals surface area contributed by atoms with Crippen molar-refractivity contribution < 1.29 is 51.2 Å². The zero-order valence-electron chi connectivity index (χ0n) is 29.8. The summed E-state index contributed by atoms with van der Waals surface area (Å²) in [5.74, 6) is -2.26. The van der Waals surface area contributed by atoms with Crippen LogP contribution in [0, 0.1) is 34.5 Å². The molecule has 0 amide bonds. The summed E-state index contributed by atoms with van der Waals surface area (Å²) in [6.45, 7) is 6.45. The highest BCUT2D eigenvalue weighted by atomic mass is 19.4. The number of halogens is 5. The molecule has 7 rings (SSSR count). The minimum atomic E-state index is -5.92.